The van der Waals surface area contributed by atoms with Crippen LogP contribution in [-0.2, 0) is 25.5 Å². The van der Waals surface area contributed by atoms with Gasteiger partial charge in [0, 0.05) is 12.2 Å². The highest BCUT2D eigenvalue weighted by atomic mass is 16.6. The molecule has 0 fully saturated rings. The second-order valence-electron chi connectivity index (χ2n) is 11.1. The van der Waals surface area contributed by atoms with Gasteiger partial charge >= 0.3 is 11.9 Å². The molecule has 12 nitrogen and oxygen atoms in total. The highest BCUT2D eigenvalue weighted by molar-refractivity contribution is 5.87. The number of phenols is 3. The van der Waals surface area contributed by atoms with Crippen molar-refractivity contribution in [3.05, 3.63) is 113 Å². The number of hydrogen-bond donors (Lipinski definition) is 4. The number of rotatable bonds is 17. The van der Waals surface area contributed by atoms with Gasteiger partial charge in [-0.25, -0.2) is 9.59 Å². The lowest BCUT2D eigenvalue weighted by atomic mass is 10.0. The summed E-state index contributed by atoms with van der Waals surface area (Å²) in [6.07, 6.45) is 4.23. The highest BCUT2D eigenvalue weighted by Gasteiger charge is 2.27. The van der Waals surface area contributed by atoms with Gasteiger partial charge in [0.15, 0.2) is 40.6 Å². The number of carbonyl (C=O) groups excluding carboxylic acids is 2. The largest absolute Gasteiger partial charge is 0.508 e. The van der Waals surface area contributed by atoms with Gasteiger partial charge in [-0.05, 0) is 95.8 Å². The lowest BCUT2D eigenvalue weighted by molar-refractivity contribution is -0.142. The van der Waals surface area contributed by atoms with Crippen LogP contribution < -0.4 is 18.9 Å². The number of aliphatic hydroxyl groups is 1. The number of aromatic hydroxyl groups is 3. The molecular weight excluding hydrogens is 660 g/mol. The minimum atomic E-state index is -1.32. The van der Waals surface area contributed by atoms with Crippen LogP contribution in [0, 0.1) is 0 Å². The molecule has 268 valence electrons. The van der Waals surface area contributed by atoms with Crippen LogP contribution >= 0.6 is 0 Å². The standard InChI is InChI=1S/C39H40O12/c1-46-33-21-27(8-15-30(33)41)11-19-37(43)49-20-4-5-26-9-17-32(35(22-26)48-3)51-36(39(45)28-12-16-31(42)34(23-28)47-2)24-50-38(44)18-10-25-6-13-29(40)14-7-25/h6-19,21-23,36,39-42,45H,4-5,20,24H2,1-3H3/t36-,39-/m0/s1. The first kappa shape index (κ1) is 37.7. The number of aliphatic hydroxyl groups excluding tert-OH is 1. The third-order valence-electron chi connectivity index (χ3n) is 7.57. The van der Waals surface area contributed by atoms with Crippen molar-refractivity contribution < 1.29 is 58.4 Å². The summed E-state index contributed by atoms with van der Waals surface area (Å²) in [5.41, 5.74) is 2.54. The Kier molecular flexibility index (Phi) is 13.7. The van der Waals surface area contributed by atoms with Gasteiger partial charge in [-0.1, -0.05) is 30.3 Å². The van der Waals surface area contributed by atoms with Crippen LogP contribution in [0.4, 0.5) is 0 Å². The fourth-order valence-electron chi connectivity index (χ4n) is 4.83. The zero-order valence-corrected chi connectivity index (χ0v) is 28.4. The average molecular weight is 701 g/mol. The Hall–Kier alpha value is -6.14. The molecule has 0 saturated carbocycles. The van der Waals surface area contributed by atoms with Gasteiger partial charge in [0.25, 0.3) is 0 Å². The predicted molar refractivity (Wildman–Crippen MR) is 188 cm³/mol. The first-order valence-corrected chi connectivity index (χ1v) is 15.8. The summed E-state index contributed by atoms with van der Waals surface area (Å²) in [6.45, 7) is -0.187. The molecule has 0 radical (unpaired) electrons. The molecule has 4 aromatic rings. The van der Waals surface area contributed by atoms with E-state index in [1.807, 2.05) is 0 Å². The molecule has 2 atom stereocenters. The number of carbonyl (C=O) groups is 2. The van der Waals surface area contributed by atoms with Gasteiger partial charge in [0.05, 0.1) is 27.9 Å². The number of benzene rings is 4. The fraction of sp³-hybridized carbons (Fsp3) is 0.231. The van der Waals surface area contributed by atoms with E-state index in [0.29, 0.717) is 41.0 Å². The fourth-order valence-corrected chi connectivity index (χ4v) is 4.83. The van der Waals surface area contributed by atoms with Crippen molar-refractivity contribution in [3.63, 3.8) is 0 Å². The molecule has 0 aliphatic rings. The Morgan fingerprint density at radius 2 is 1.27 bits per heavy atom. The van der Waals surface area contributed by atoms with E-state index in [4.69, 9.17) is 28.4 Å². The van der Waals surface area contributed by atoms with Crippen molar-refractivity contribution in [2.45, 2.75) is 25.0 Å². The molecule has 12 heteroatoms. The first-order chi connectivity index (χ1) is 24.6. The summed E-state index contributed by atoms with van der Waals surface area (Å²) in [7, 11) is 4.29. The average Bonchev–Trinajstić information content (AvgIpc) is 3.14. The van der Waals surface area contributed by atoms with Crippen molar-refractivity contribution in [2.24, 2.45) is 0 Å². The van der Waals surface area contributed by atoms with E-state index in [1.165, 1.54) is 76.0 Å². The van der Waals surface area contributed by atoms with Gasteiger partial charge in [-0.2, -0.15) is 0 Å². The number of hydrogen-bond acceptors (Lipinski definition) is 12. The molecule has 0 aliphatic heterocycles. The zero-order valence-electron chi connectivity index (χ0n) is 28.4. The van der Waals surface area contributed by atoms with Crippen molar-refractivity contribution >= 4 is 24.1 Å². The molecule has 0 amide bonds. The van der Waals surface area contributed by atoms with Crippen LogP contribution in [0.25, 0.3) is 12.2 Å². The molecule has 0 unspecified atom stereocenters. The van der Waals surface area contributed by atoms with Gasteiger partial charge < -0.3 is 48.8 Å². The Balaban J connectivity index is 1.39. The summed E-state index contributed by atoms with van der Waals surface area (Å²) in [5.74, 6) is -0.166. The highest BCUT2D eigenvalue weighted by Crippen LogP contribution is 2.34. The maximum absolute atomic E-state index is 12.6. The Morgan fingerprint density at radius 3 is 1.96 bits per heavy atom. The molecule has 0 heterocycles. The second kappa shape index (κ2) is 18.6. The van der Waals surface area contributed by atoms with Crippen LogP contribution in [0.15, 0.2) is 91.0 Å². The van der Waals surface area contributed by atoms with E-state index >= 15 is 0 Å². The summed E-state index contributed by atoms with van der Waals surface area (Å²) >= 11 is 0. The zero-order chi connectivity index (χ0) is 36.8. The molecule has 0 spiro atoms. The lowest BCUT2D eigenvalue weighted by Gasteiger charge is -2.25. The van der Waals surface area contributed by atoms with Crippen molar-refractivity contribution in [1.29, 1.82) is 0 Å². The quantitative estimate of drug-likeness (QED) is 0.0598. The van der Waals surface area contributed by atoms with Crippen molar-refractivity contribution in [3.8, 4) is 40.2 Å². The summed E-state index contributed by atoms with van der Waals surface area (Å²) in [6, 6.07) is 20.5. The normalized spacial score (nSPS) is 12.3. The van der Waals surface area contributed by atoms with E-state index in [9.17, 15) is 30.0 Å². The monoisotopic (exact) mass is 700 g/mol. The van der Waals surface area contributed by atoms with Crippen molar-refractivity contribution in [1.82, 2.24) is 0 Å². The molecule has 0 bridgehead atoms. The number of methoxy groups -OCH3 is 3. The Bertz CT molecular complexity index is 1830. The third-order valence-corrected chi connectivity index (χ3v) is 7.57. The van der Waals surface area contributed by atoms with Gasteiger partial charge in [-0.15, -0.1) is 0 Å². The molecular formula is C39H40O12. The molecule has 4 N–H and O–H groups in total. The maximum Gasteiger partial charge on any atom is 0.330 e. The molecule has 4 aromatic carbocycles. The molecule has 51 heavy (non-hydrogen) atoms. The second-order valence-corrected chi connectivity index (χ2v) is 11.1. The van der Waals surface area contributed by atoms with Crippen molar-refractivity contribution in [2.75, 3.05) is 34.5 Å². The van der Waals surface area contributed by atoms with Gasteiger partial charge in [0.2, 0.25) is 0 Å². The maximum atomic E-state index is 12.6. The van der Waals surface area contributed by atoms with E-state index < -0.39 is 24.1 Å². The third kappa shape index (κ3) is 11.2. The summed E-state index contributed by atoms with van der Waals surface area (Å²) < 4.78 is 32.8. The van der Waals surface area contributed by atoms with E-state index in [2.05, 4.69) is 0 Å². The lowest BCUT2D eigenvalue weighted by Crippen LogP contribution is -2.31. The smallest absolute Gasteiger partial charge is 0.330 e. The summed E-state index contributed by atoms with van der Waals surface area (Å²) in [4.78, 5) is 24.8. The Labute approximate surface area is 295 Å². The minimum absolute atomic E-state index is 0.00146. The number of phenolic OH excluding ortho intramolecular Hbond substituents is 3. The van der Waals surface area contributed by atoms with Crippen LogP contribution in [0.2, 0.25) is 0 Å². The van der Waals surface area contributed by atoms with Crippen LogP contribution in [0.3, 0.4) is 0 Å². The first-order valence-electron chi connectivity index (χ1n) is 15.8. The topological polar surface area (TPSA) is 170 Å². The van der Waals surface area contributed by atoms with Crippen LogP contribution in [0.1, 0.15) is 34.8 Å². The van der Waals surface area contributed by atoms with Gasteiger partial charge in [-0.3, -0.25) is 0 Å². The number of esters is 2. The van der Waals surface area contributed by atoms with E-state index in [1.54, 1.807) is 48.5 Å². The van der Waals surface area contributed by atoms with Gasteiger partial charge in [0.1, 0.15) is 18.5 Å². The molecule has 4 rings (SSSR count). The summed E-state index contributed by atoms with van der Waals surface area (Å²) in [5, 5.41) is 40.6. The predicted octanol–water partition coefficient (Wildman–Crippen LogP) is 5.76. The minimum Gasteiger partial charge on any atom is -0.508 e. The molecule has 0 saturated heterocycles. The van der Waals surface area contributed by atoms with Crippen LogP contribution in [0.5, 0.6) is 40.2 Å². The van der Waals surface area contributed by atoms with Crippen LogP contribution in [-0.4, -0.2) is 73.0 Å². The molecule has 0 aromatic heterocycles. The van der Waals surface area contributed by atoms with E-state index in [0.717, 1.165) is 5.56 Å². The molecule has 0 aliphatic carbocycles. The van der Waals surface area contributed by atoms with E-state index in [-0.39, 0.29) is 42.0 Å². The Morgan fingerprint density at radius 1 is 0.667 bits per heavy atom. The number of ether oxygens (including phenoxy) is 6. The SMILES string of the molecule is COc1cc(C=CC(=O)OCCCc2ccc(O[C@@H](COC(=O)C=Cc3ccc(O)cc3)[C@@H](O)c3ccc(O)c(OC)c3)c(OC)c2)ccc1O. The number of aryl methyl sites for hydroxylation is 1.